The van der Waals surface area contributed by atoms with Crippen LogP contribution >= 0.6 is 11.8 Å². The van der Waals surface area contributed by atoms with Gasteiger partial charge in [-0.2, -0.15) is 0 Å². The number of hydrogen-bond donors (Lipinski definition) is 1. The van der Waals surface area contributed by atoms with Crippen LogP contribution < -0.4 is 19.7 Å². The van der Waals surface area contributed by atoms with Gasteiger partial charge in [0.2, 0.25) is 0 Å². The summed E-state index contributed by atoms with van der Waals surface area (Å²) in [5, 5.41) is 3.57. The first kappa shape index (κ1) is 29.0. The zero-order valence-corrected chi connectivity index (χ0v) is 26.1. The van der Waals surface area contributed by atoms with Crippen LogP contribution in [0, 0.1) is 0 Å². The second kappa shape index (κ2) is 12.7. The molecular weight excluding hydrogens is 579 g/mol. The van der Waals surface area contributed by atoms with E-state index in [0.717, 1.165) is 37.2 Å². The van der Waals surface area contributed by atoms with Crippen LogP contribution in [0.5, 0.6) is 11.5 Å². The Kier molecular flexibility index (Phi) is 8.18. The molecule has 3 heterocycles. The number of amides is 1. The first-order valence-electron chi connectivity index (χ1n) is 15.3. The van der Waals surface area contributed by atoms with E-state index in [-0.39, 0.29) is 5.91 Å². The number of thioether (sulfide) groups is 1. The summed E-state index contributed by atoms with van der Waals surface area (Å²) in [4.78, 5) is 21.2. The molecule has 0 unspecified atom stereocenters. The van der Waals surface area contributed by atoms with Crippen molar-refractivity contribution in [3.63, 3.8) is 0 Å². The van der Waals surface area contributed by atoms with E-state index in [2.05, 4.69) is 89.6 Å². The van der Waals surface area contributed by atoms with Crippen LogP contribution in [0.25, 0.3) is 6.08 Å². The van der Waals surface area contributed by atoms with Gasteiger partial charge in [-0.3, -0.25) is 4.79 Å². The zero-order valence-electron chi connectivity index (χ0n) is 25.2. The highest BCUT2D eigenvalue weighted by molar-refractivity contribution is 8.18. The molecule has 3 aliphatic rings. The first-order valence-corrected chi connectivity index (χ1v) is 16.2. The molecule has 7 rings (SSSR count). The van der Waals surface area contributed by atoms with Crippen LogP contribution in [0.1, 0.15) is 52.5 Å². The molecule has 0 spiro atoms. The molecule has 1 saturated heterocycles. The third-order valence-electron chi connectivity index (χ3n) is 8.72. The number of aliphatic imine (C=N–C) groups is 1. The Morgan fingerprint density at radius 3 is 2.16 bits per heavy atom. The molecule has 1 fully saturated rings. The maximum absolute atomic E-state index is 13.1. The number of carbonyl (C=O) groups excluding carboxylic acids is 1. The standard InChI is InChI=1S/C38H35N3O3S/c1-3-20-44-33-15-14-25(21-34(33)43-2)22-35-37(42)40-38(45-35)39-28-23-31-29(26-10-6-4-7-11-26)16-18-41-19-17-30(32(24-28)36(31)41)27-12-8-5-9-13-27/h3-15,21-24,29-30H,1,16-20H2,2H3,(H,39,40,42)/b35-22-/t29-,30-/m0/s1. The molecule has 7 heteroatoms. The molecule has 6 nitrogen and oxygen atoms in total. The van der Waals surface area contributed by atoms with E-state index in [1.165, 1.54) is 39.7 Å². The molecule has 0 bridgehead atoms. The topological polar surface area (TPSA) is 63.2 Å². The maximum Gasteiger partial charge on any atom is 0.264 e. The molecule has 0 aromatic heterocycles. The third-order valence-corrected chi connectivity index (χ3v) is 9.63. The van der Waals surface area contributed by atoms with Gasteiger partial charge in [0.1, 0.15) is 6.61 Å². The van der Waals surface area contributed by atoms with Crippen LogP contribution in [0.2, 0.25) is 0 Å². The lowest BCUT2D eigenvalue weighted by Crippen LogP contribution is -2.37. The minimum absolute atomic E-state index is 0.167. The maximum atomic E-state index is 13.1. The SMILES string of the molecule is C=CCOc1ccc(/C=C2\SC(=Nc3cc4c5c(c3)[C@H](c3ccccc3)CCN5CC[C@H]4c3ccccc3)NC2=O)cc1OC. The van der Waals surface area contributed by atoms with Crippen LogP contribution in [0.4, 0.5) is 11.4 Å². The Hall–Kier alpha value is -4.75. The number of anilines is 1. The average molecular weight is 614 g/mol. The van der Waals surface area contributed by atoms with Crippen LogP contribution in [-0.4, -0.2) is 37.9 Å². The molecule has 0 saturated carbocycles. The summed E-state index contributed by atoms with van der Waals surface area (Å²) >= 11 is 1.35. The summed E-state index contributed by atoms with van der Waals surface area (Å²) in [5.41, 5.74) is 8.36. The normalized spacial score (nSPS) is 20.6. The van der Waals surface area contributed by atoms with Crippen molar-refractivity contribution >= 4 is 40.3 Å². The minimum atomic E-state index is -0.167. The second-order valence-electron chi connectivity index (χ2n) is 11.5. The van der Waals surface area contributed by atoms with E-state index in [0.29, 0.717) is 40.0 Å². The first-order chi connectivity index (χ1) is 22.1. The van der Waals surface area contributed by atoms with Gasteiger partial charge in [0, 0.05) is 30.6 Å². The third kappa shape index (κ3) is 5.88. The molecule has 1 N–H and O–H groups in total. The van der Waals surface area contributed by atoms with E-state index in [1.54, 1.807) is 13.2 Å². The van der Waals surface area contributed by atoms with Crippen molar-refractivity contribution in [1.29, 1.82) is 0 Å². The molecule has 2 atom stereocenters. The number of benzene rings is 4. The van der Waals surface area contributed by atoms with Crippen LogP contribution in [0.3, 0.4) is 0 Å². The number of nitrogens with one attached hydrogen (secondary N) is 1. The van der Waals surface area contributed by atoms with Crippen molar-refractivity contribution < 1.29 is 14.3 Å². The van der Waals surface area contributed by atoms with E-state index in [9.17, 15) is 4.79 Å². The molecule has 45 heavy (non-hydrogen) atoms. The fraction of sp³-hybridized carbons (Fsp3) is 0.211. The van der Waals surface area contributed by atoms with E-state index < -0.39 is 0 Å². The summed E-state index contributed by atoms with van der Waals surface area (Å²) < 4.78 is 11.2. The average Bonchev–Trinajstić information content (AvgIpc) is 3.42. The summed E-state index contributed by atoms with van der Waals surface area (Å²) in [7, 11) is 1.60. The summed E-state index contributed by atoms with van der Waals surface area (Å²) in [5.74, 6) is 1.64. The number of rotatable bonds is 8. The van der Waals surface area contributed by atoms with Gasteiger partial charge < -0.3 is 19.7 Å². The van der Waals surface area contributed by atoms with Crippen LogP contribution in [-0.2, 0) is 4.79 Å². The monoisotopic (exact) mass is 613 g/mol. The van der Waals surface area contributed by atoms with Crippen LogP contribution in [0.15, 0.2) is 114 Å². The molecule has 0 radical (unpaired) electrons. The van der Waals surface area contributed by atoms with Gasteiger partial charge in [-0.15, -0.1) is 0 Å². The molecule has 1 amide bonds. The quantitative estimate of drug-likeness (QED) is 0.161. The summed E-state index contributed by atoms with van der Waals surface area (Å²) in [6, 6.07) is 31.7. The smallest absolute Gasteiger partial charge is 0.264 e. The molecule has 4 aromatic carbocycles. The number of methoxy groups -OCH3 is 1. The van der Waals surface area contributed by atoms with Gasteiger partial charge in [-0.05, 0) is 82.8 Å². The second-order valence-corrected chi connectivity index (χ2v) is 12.5. The van der Waals surface area contributed by atoms with E-state index in [1.807, 2.05) is 24.3 Å². The van der Waals surface area contributed by atoms with E-state index in [4.69, 9.17) is 14.5 Å². The Morgan fingerprint density at radius 2 is 1.56 bits per heavy atom. The molecule has 226 valence electrons. The number of nitrogens with zero attached hydrogens (tertiary/aromatic N) is 2. The van der Waals surface area contributed by atoms with Crippen molar-refractivity contribution in [1.82, 2.24) is 5.32 Å². The lowest BCUT2D eigenvalue weighted by molar-refractivity contribution is -0.115. The van der Waals surface area contributed by atoms with Gasteiger partial charge in [0.25, 0.3) is 5.91 Å². The van der Waals surface area contributed by atoms with Crippen molar-refractivity contribution in [2.45, 2.75) is 24.7 Å². The summed E-state index contributed by atoms with van der Waals surface area (Å²) in [6.45, 7) is 6.17. The number of carbonyl (C=O) groups is 1. The van der Waals surface area contributed by atoms with Gasteiger partial charge >= 0.3 is 0 Å². The van der Waals surface area contributed by atoms with Crippen molar-refractivity contribution in [3.05, 3.63) is 136 Å². The molecular formula is C38H35N3O3S. The molecule has 4 aromatic rings. The largest absolute Gasteiger partial charge is 0.493 e. The van der Waals surface area contributed by atoms with Gasteiger partial charge in [0.15, 0.2) is 16.7 Å². The highest BCUT2D eigenvalue weighted by Crippen LogP contribution is 2.50. The zero-order chi connectivity index (χ0) is 30.8. The highest BCUT2D eigenvalue weighted by Gasteiger charge is 2.35. The predicted octanol–water partition coefficient (Wildman–Crippen LogP) is 8.03. The van der Waals surface area contributed by atoms with E-state index >= 15 is 0 Å². The Balaban J connectivity index is 1.25. The molecule has 0 aliphatic carbocycles. The van der Waals surface area contributed by atoms with Crippen molar-refractivity contribution in [2.75, 3.05) is 31.7 Å². The lowest BCUT2D eigenvalue weighted by Gasteiger charge is -2.43. The summed E-state index contributed by atoms with van der Waals surface area (Å²) in [6.07, 6.45) is 5.66. The van der Waals surface area contributed by atoms with Gasteiger partial charge in [-0.25, -0.2) is 4.99 Å². The predicted molar refractivity (Wildman–Crippen MR) is 184 cm³/mol. The lowest BCUT2D eigenvalue weighted by atomic mass is 9.76. The van der Waals surface area contributed by atoms with Crippen molar-refractivity contribution in [3.8, 4) is 11.5 Å². The van der Waals surface area contributed by atoms with Gasteiger partial charge in [0.05, 0.1) is 17.7 Å². The number of hydrogen-bond acceptors (Lipinski definition) is 6. The number of amidine groups is 1. The highest BCUT2D eigenvalue weighted by atomic mass is 32.2. The fourth-order valence-corrected chi connectivity index (χ4v) is 7.54. The fourth-order valence-electron chi connectivity index (χ4n) is 6.70. The number of ether oxygens (including phenoxy) is 2. The Labute approximate surface area is 268 Å². The Morgan fingerprint density at radius 1 is 0.911 bits per heavy atom. The Bertz CT molecular complexity index is 1730. The van der Waals surface area contributed by atoms with Gasteiger partial charge in [-0.1, -0.05) is 79.4 Å². The van der Waals surface area contributed by atoms with Crippen molar-refractivity contribution in [2.24, 2.45) is 4.99 Å². The minimum Gasteiger partial charge on any atom is -0.493 e. The molecule has 3 aliphatic heterocycles.